The van der Waals surface area contributed by atoms with Crippen LogP contribution in [0.3, 0.4) is 0 Å². The summed E-state index contributed by atoms with van der Waals surface area (Å²) >= 11 is 0. The summed E-state index contributed by atoms with van der Waals surface area (Å²) in [5.74, 6) is -0.740. The number of aryl methyl sites for hydroxylation is 2. The number of halogens is 3. The molecule has 1 aliphatic carbocycles. The quantitative estimate of drug-likeness (QED) is 0.689. The third-order valence-corrected chi connectivity index (χ3v) is 4.54. The molecule has 31 heavy (non-hydrogen) atoms. The molecule has 1 aliphatic rings. The van der Waals surface area contributed by atoms with Crippen LogP contribution in [-0.4, -0.2) is 39.5 Å². The van der Waals surface area contributed by atoms with Gasteiger partial charge in [0, 0.05) is 23.4 Å². The Balaban J connectivity index is 1.66. The Morgan fingerprint density at radius 1 is 1.23 bits per heavy atom. The highest BCUT2D eigenvalue weighted by atomic mass is 19.4. The van der Waals surface area contributed by atoms with E-state index in [4.69, 9.17) is 4.74 Å². The van der Waals surface area contributed by atoms with Crippen molar-refractivity contribution >= 4 is 17.8 Å². The van der Waals surface area contributed by atoms with Gasteiger partial charge >= 0.3 is 6.18 Å². The Hall–Kier alpha value is -3.24. The van der Waals surface area contributed by atoms with Crippen molar-refractivity contribution in [3.8, 4) is 5.88 Å². The maximum absolute atomic E-state index is 12.6. The summed E-state index contributed by atoms with van der Waals surface area (Å²) in [6, 6.07) is 2.58. The van der Waals surface area contributed by atoms with Gasteiger partial charge in [-0.2, -0.15) is 13.2 Å². The van der Waals surface area contributed by atoms with Gasteiger partial charge < -0.3 is 10.1 Å². The molecule has 0 spiro atoms. The van der Waals surface area contributed by atoms with Gasteiger partial charge in [-0.1, -0.05) is 0 Å². The van der Waals surface area contributed by atoms with Gasteiger partial charge in [-0.25, -0.2) is 15.0 Å². The van der Waals surface area contributed by atoms with Crippen LogP contribution in [-0.2, 0) is 4.79 Å². The predicted molar refractivity (Wildman–Crippen MR) is 105 cm³/mol. The summed E-state index contributed by atoms with van der Waals surface area (Å²) in [5, 5.41) is 5.37. The van der Waals surface area contributed by atoms with Gasteiger partial charge in [0.25, 0.3) is 5.91 Å². The van der Waals surface area contributed by atoms with Crippen molar-refractivity contribution in [3.05, 3.63) is 40.8 Å². The van der Waals surface area contributed by atoms with Crippen molar-refractivity contribution in [2.24, 2.45) is 5.92 Å². The van der Waals surface area contributed by atoms with Gasteiger partial charge in [0.15, 0.2) is 6.61 Å². The van der Waals surface area contributed by atoms with E-state index >= 15 is 0 Å². The third-order valence-electron chi connectivity index (χ3n) is 4.54. The molecule has 2 amide bonds. The first-order valence-corrected chi connectivity index (χ1v) is 9.65. The van der Waals surface area contributed by atoms with Crippen LogP contribution in [0.25, 0.3) is 0 Å². The van der Waals surface area contributed by atoms with Crippen molar-refractivity contribution in [2.45, 2.75) is 45.8 Å². The molecule has 11 heteroatoms. The minimum Gasteiger partial charge on any atom is -0.468 e. The maximum Gasteiger partial charge on any atom is 0.422 e. The molecule has 0 radical (unpaired) electrons. The van der Waals surface area contributed by atoms with E-state index < -0.39 is 24.7 Å². The number of carbonyl (C=O) groups is 2. The zero-order valence-electron chi connectivity index (χ0n) is 17.2. The number of carbonyl (C=O) groups excluding carboxylic acids is 2. The summed E-state index contributed by atoms with van der Waals surface area (Å²) in [6.45, 7) is 3.52. The molecule has 3 rings (SSSR count). The van der Waals surface area contributed by atoms with Gasteiger partial charge in [0.1, 0.15) is 5.69 Å². The van der Waals surface area contributed by atoms with Gasteiger partial charge in [-0.05, 0) is 51.3 Å². The van der Waals surface area contributed by atoms with E-state index in [0.29, 0.717) is 16.8 Å². The fourth-order valence-corrected chi connectivity index (χ4v) is 2.77. The number of anilines is 1. The molecule has 2 aromatic heterocycles. The van der Waals surface area contributed by atoms with Crippen molar-refractivity contribution in [1.29, 1.82) is 0 Å². The molecular weight excluding hydrogens is 415 g/mol. The fraction of sp³-hybridized carbons (Fsp3) is 0.450. The van der Waals surface area contributed by atoms with E-state index in [1.54, 1.807) is 26.8 Å². The zero-order valence-corrected chi connectivity index (χ0v) is 17.2. The van der Waals surface area contributed by atoms with Gasteiger partial charge in [-0.15, -0.1) is 0 Å². The number of hydrogen-bond donors (Lipinski definition) is 2. The van der Waals surface area contributed by atoms with Crippen LogP contribution in [0.2, 0.25) is 0 Å². The molecule has 0 bridgehead atoms. The molecule has 1 unspecified atom stereocenters. The highest BCUT2D eigenvalue weighted by Crippen LogP contribution is 2.29. The Bertz CT molecular complexity index is 993. The number of hydrogen-bond acceptors (Lipinski definition) is 6. The minimum absolute atomic E-state index is 0.0276. The van der Waals surface area contributed by atoms with Gasteiger partial charge in [0.2, 0.25) is 17.7 Å². The second kappa shape index (κ2) is 8.86. The lowest BCUT2D eigenvalue weighted by atomic mass is 10.1. The van der Waals surface area contributed by atoms with Crippen molar-refractivity contribution < 1.29 is 27.5 Å². The second-order valence-electron chi connectivity index (χ2n) is 7.47. The Morgan fingerprint density at radius 2 is 1.94 bits per heavy atom. The molecule has 0 aromatic carbocycles. The van der Waals surface area contributed by atoms with Crippen LogP contribution in [0.1, 0.15) is 53.1 Å². The normalized spacial score (nSPS) is 14.6. The van der Waals surface area contributed by atoms with Crippen LogP contribution in [0.4, 0.5) is 19.1 Å². The SMILES string of the molecule is Cc1cc(C(=O)NC(C)c2cnc(OCC(F)(F)F)c(C)c2)nc(NC(=O)C2CC2)n1. The predicted octanol–water partition coefficient (Wildman–Crippen LogP) is 3.27. The number of amides is 2. The molecule has 1 atom stereocenters. The van der Waals surface area contributed by atoms with E-state index in [1.165, 1.54) is 12.3 Å². The summed E-state index contributed by atoms with van der Waals surface area (Å²) in [6.07, 6.45) is -1.46. The van der Waals surface area contributed by atoms with Crippen molar-refractivity contribution in [3.63, 3.8) is 0 Å². The third kappa shape index (κ3) is 6.37. The average molecular weight is 437 g/mol. The second-order valence-corrected chi connectivity index (χ2v) is 7.47. The van der Waals surface area contributed by atoms with Crippen LogP contribution in [0, 0.1) is 19.8 Å². The Labute approximate surface area is 176 Å². The average Bonchev–Trinajstić information content (AvgIpc) is 3.51. The van der Waals surface area contributed by atoms with E-state index in [1.807, 2.05) is 0 Å². The summed E-state index contributed by atoms with van der Waals surface area (Å²) in [5.41, 5.74) is 1.59. The largest absolute Gasteiger partial charge is 0.468 e. The number of ether oxygens (including phenoxy) is 1. The standard InChI is InChI=1S/C20H22F3N5O3/c1-10-6-14(8-24-18(10)31-9-20(21,22)23)12(3)26-17(30)15-7-11(2)25-19(27-15)28-16(29)13-4-5-13/h6-8,12-13H,4-5,9H2,1-3H3,(H,26,30)(H,25,27,28,29). The summed E-state index contributed by atoms with van der Waals surface area (Å²) in [4.78, 5) is 36.7. The lowest BCUT2D eigenvalue weighted by Crippen LogP contribution is -2.28. The zero-order chi connectivity index (χ0) is 22.8. The number of pyridine rings is 1. The minimum atomic E-state index is -4.46. The van der Waals surface area contributed by atoms with E-state index in [-0.39, 0.29) is 29.3 Å². The Kier molecular flexibility index (Phi) is 6.42. The first-order chi connectivity index (χ1) is 14.5. The lowest BCUT2D eigenvalue weighted by Gasteiger charge is -2.16. The van der Waals surface area contributed by atoms with E-state index in [0.717, 1.165) is 12.8 Å². The topological polar surface area (TPSA) is 106 Å². The van der Waals surface area contributed by atoms with E-state index in [2.05, 4.69) is 25.6 Å². The number of nitrogens with one attached hydrogen (secondary N) is 2. The molecule has 2 aromatic rings. The maximum atomic E-state index is 12.6. The molecule has 0 saturated heterocycles. The van der Waals surface area contributed by atoms with Gasteiger partial charge in [0.05, 0.1) is 6.04 Å². The smallest absolute Gasteiger partial charge is 0.422 e. The van der Waals surface area contributed by atoms with Crippen LogP contribution in [0.5, 0.6) is 5.88 Å². The Morgan fingerprint density at radius 3 is 2.55 bits per heavy atom. The monoisotopic (exact) mass is 437 g/mol. The van der Waals surface area contributed by atoms with Crippen LogP contribution >= 0.6 is 0 Å². The molecule has 166 valence electrons. The number of rotatable bonds is 7. The molecule has 2 heterocycles. The van der Waals surface area contributed by atoms with Crippen molar-refractivity contribution in [2.75, 3.05) is 11.9 Å². The van der Waals surface area contributed by atoms with Crippen molar-refractivity contribution in [1.82, 2.24) is 20.3 Å². The molecule has 1 saturated carbocycles. The molecular formula is C20H22F3N5O3. The first-order valence-electron chi connectivity index (χ1n) is 9.65. The molecule has 2 N–H and O–H groups in total. The molecule has 1 fully saturated rings. The summed E-state index contributed by atoms with van der Waals surface area (Å²) < 4.78 is 41.7. The summed E-state index contributed by atoms with van der Waals surface area (Å²) in [7, 11) is 0. The van der Waals surface area contributed by atoms with Crippen LogP contribution in [0.15, 0.2) is 18.3 Å². The number of alkyl halides is 3. The highest BCUT2D eigenvalue weighted by molar-refractivity contribution is 5.95. The first kappa shape index (κ1) is 22.4. The van der Waals surface area contributed by atoms with Crippen LogP contribution < -0.4 is 15.4 Å². The lowest BCUT2D eigenvalue weighted by molar-refractivity contribution is -0.154. The number of nitrogens with zero attached hydrogens (tertiary/aromatic N) is 3. The number of aromatic nitrogens is 3. The fourth-order valence-electron chi connectivity index (χ4n) is 2.77. The molecule has 0 aliphatic heterocycles. The molecule has 8 nitrogen and oxygen atoms in total. The highest BCUT2D eigenvalue weighted by Gasteiger charge is 2.30. The van der Waals surface area contributed by atoms with Gasteiger partial charge in [-0.3, -0.25) is 14.9 Å². The van der Waals surface area contributed by atoms with E-state index in [9.17, 15) is 22.8 Å².